The summed E-state index contributed by atoms with van der Waals surface area (Å²) in [6, 6.07) is 12.8. The van der Waals surface area contributed by atoms with E-state index in [9.17, 15) is 14.7 Å². The molecule has 2 rings (SSSR count). The minimum absolute atomic E-state index is 0.180. The Hall–Kier alpha value is -2.88. The molecule has 0 spiro atoms. The third-order valence-corrected chi connectivity index (χ3v) is 4.59. The first-order valence-corrected chi connectivity index (χ1v) is 8.72. The predicted octanol–water partition coefficient (Wildman–Crippen LogP) is 2.68. The van der Waals surface area contributed by atoms with Gasteiger partial charge in [-0.1, -0.05) is 41.9 Å². The zero-order valence-corrected chi connectivity index (χ0v) is 15.7. The summed E-state index contributed by atoms with van der Waals surface area (Å²) < 4.78 is 0. The highest BCUT2D eigenvalue weighted by Crippen LogP contribution is 2.27. The van der Waals surface area contributed by atoms with Gasteiger partial charge in [-0.05, 0) is 31.5 Å². The molecule has 0 saturated heterocycles. The number of amides is 1. The van der Waals surface area contributed by atoms with E-state index >= 15 is 0 Å². The summed E-state index contributed by atoms with van der Waals surface area (Å²) >= 11 is 6.14. The van der Waals surface area contributed by atoms with E-state index in [1.807, 2.05) is 6.07 Å². The molecule has 140 valence electrons. The van der Waals surface area contributed by atoms with Crippen LogP contribution in [0.3, 0.4) is 0 Å². The summed E-state index contributed by atoms with van der Waals surface area (Å²) in [5.74, 6) is -0.750. The summed E-state index contributed by atoms with van der Waals surface area (Å²) in [5, 5.41) is 24.8. The van der Waals surface area contributed by atoms with Crippen molar-refractivity contribution in [2.45, 2.75) is 26.0 Å². The van der Waals surface area contributed by atoms with Gasteiger partial charge in [0.1, 0.15) is 12.1 Å². The molecule has 0 radical (unpaired) electrons. The Morgan fingerprint density at radius 2 is 1.89 bits per heavy atom. The van der Waals surface area contributed by atoms with Gasteiger partial charge in [0.2, 0.25) is 5.91 Å². The first kappa shape index (κ1) is 20.4. The summed E-state index contributed by atoms with van der Waals surface area (Å²) in [5.41, 5.74) is 1.93. The number of halogens is 1. The van der Waals surface area contributed by atoms with E-state index in [2.05, 4.69) is 10.6 Å². The molecule has 0 aliphatic heterocycles. The molecule has 0 bridgehead atoms. The van der Waals surface area contributed by atoms with Crippen LogP contribution in [-0.4, -0.2) is 35.5 Å². The minimum atomic E-state index is -1.02. The van der Waals surface area contributed by atoms with Crippen molar-refractivity contribution in [3.05, 3.63) is 64.2 Å². The van der Waals surface area contributed by atoms with Crippen LogP contribution in [0.2, 0.25) is 5.02 Å². The lowest BCUT2D eigenvalue weighted by Crippen LogP contribution is -2.47. The van der Waals surface area contributed by atoms with E-state index in [1.54, 1.807) is 43.3 Å². The molecule has 2 aromatic carbocycles. The van der Waals surface area contributed by atoms with Crippen LogP contribution in [-0.2, 0) is 4.79 Å². The number of Topliss-reactive ketones (excluding diaryl/α,β-unsaturated/α-hetero) is 1. The van der Waals surface area contributed by atoms with Crippen molar-refractivity contribution in [2.75, 3.05) is 11.9 Å². The summed E-state index contributed by atoms with van der Waals surface area (Å²) in [6.45, 7) is 3.00. The Morgan fingerprint density at radius 1 is 1.22 bits per heavy atom. The number of nitriles is 1. The maximum atomic E-state index is 12.5. The van der Waals surface area contributed by atoms with Crippen molar-refractivity contribution in [1.29, 1.82) is 5.26 Å². The molecule has 3 N–H and O–H groups in total. The first-order valence-electron chi connectivity index (χ1n) is 8.35. The van der Waals surface area contributed by atoms with Crippen LogP contribution in [0.4, 0.5) is 5.69 Å². The molecule has 0 fully saturated rings. The minimum Gasteiger partial charge on any atom is -0.391 e. The van der Waals surface area contributed by atoms with Crippen molar-refractivity contribution < 1.29 is 14.7 Å². The summed E-state index contributed by atoms with van der Waals surface area (Å²) in [4.78, 5) is 24.6. The standard InChI is InChI=1S/C20H20ClN3O3/c1-12-16(9-8-15(10-22)18(12)21)24-19(13(2)25)20(27)23-11-17(26)14-6-4-3-5-7-14/h3-9,13,19,24-25H,11H2,1-2H3,(H,23,27)/t13-,19?/m0/s1. The molecule has 27 heavy (non-hydrogen) atoms. The molecule has 2 atom stereocenters. The number of nitrogens with zero attached hydrogens (tertiary/aromatic N) is 1. The maximum absolute atomic E-state index is 12.5. The number of hydrogen-bond acceptors (Lipinski definition) is 5. The van der Waals surface area contributed by atoms with Crippen LogP contribution < -0.4 is 10.6 Å². The van der Waals surface area contributed by atoms with Gasteiger partial charge in [-0.25, -0.2) is 0 Å². The molecule has 1 amide bonds. The molecule has 6 nitrogen and oxygen atoms in total. The van der Waals surface area contributed by atoms with E-state index in [-0.39, 0.29) is 17.4 Å². The first-order chi connectivity index (χ1) is 12.8. The third kappa shape index (κ3) is 5.07. The lowest BCUT2D eigenvalue weighted by molar-refractivity contribution is -0.123. The molecule has 0 heterocycles. The number of carbonyl (C=O) groups excluding carboxylic acids is 2. The Kier molecular flexibility index (Phi) is 6.94. The average Bonchev–Trinajstić information content (AvgIpc) is 2.67. The quantitative estimate of drug-likeness (QED) is 0.636. The average molecular weight is 386 g/mol. The lowest BCUT2D eigenvalue weighted by atomic mass is 10.1. The zero-order valence-electron chi connectivity index (χ0n) is 15.0. The van der Waals surface area contributed by atoms with E-state index in [0.717, 1.165) is 0 Å². The second-order valence-corrected chi connectivity index (χ2v) is 6.46. The highest BCUT2D eigenvalue weighted by molar-refractivity contribution is 6.32. The smallest absolute Gasteiger partial charge is 0.245 e. The van der Waals surface area contributed by atoms with Crippen molar-refractivity contribution in [3.8, 4) is 6.07 Å². The van der Waals surface area contributed by atoms with Crippen LogP contribution in [0.25, 0.3) is 0 Å². The van der Waals surface area contributed by atoms with Crippen molar-refractivity contribution >= 4 is 29.0 Å². The molecule has 0 aliphatic carbocycles. The lowest BCUT2D eigenvalue weighted by Gasteiger charge is -2.23. The van der Waals surface area contributed by atoms with Gasteiger partial charge in [-0.2, -0.15) is 5.26 Å². The van der Waals surface area contributed by atoms with Gasteiger partial charge in [-0.3, -0.25) is 9.59 Å². The van der Waals surface area contributed by atoms with Gasteiger partial charge >= 0.3 is 0 Å². The third-order valence-electron chi connectivity index (χ3n) is 4.10. The second-order valence-electron chi connectivity index (χ2n) is 6.08. The Bertz CT molecular complexity index is 876. The number of carbonyl (C=O) groups is 2. The van der Waals surface area contributed by atoms with E-state index < -0.39 is 18.1 Å². The predicted molar refractivity (Wildman–Crippen MR) is 104 cm³/mol. The number of ketones is 1. The van der Waals surface area contributed by atoms with Gasteiger partial charge < -0.3 is 15.7 Å². The van der Waals surface area contributed by atoms with Gasteiger partial charge in [0.25, 0.3) is 0 Å². The number of aliphatic hydroxyl groups excluding tert-OH is 1. The van der Waals surface area contributed by atoms with Crippen LogP contribution >= 0.6 is 11.6 Å². The van der Waals surface area contributed by atoms with Gasteiger partial charge in [0, 0.05) is 11.3 Å². The second kappa shape index (κ2) is 9.17. The normalized spacial score (nSPS) is 12.6. The fourth-order valence-electron chi connectivity index (χ4n) is 2.50. The zero-order chi connectivity index (χ0) is 20.0. The van der Waals surface area contributed by atoms with E-state index in [0.29, 0.717) is 22.4 Å². The monoisotopic (exact) mass is 385 g/mol. The molecular formula is C20H20ClN3O3. The SMILES string of the molecule is Cc1c(NC(C(=O)NCC(=O)c2ccccc2)[C@H](C)O)ccc(C#N)c1Cl. The van der Waals surface area contributed by atoms with Crippen molar-refractivity contribution in [1.82, 2.24) is 5.32 Å². The molecular weight excluding hydrogens is 366 g/mol. The van der Waals surface area contributed by atoms with Gasteiger partial charge in [0.05, 0.1) is 23.2 Å². The molecule has 7 heteroatoms. The largest absolute Gasteiger partial charge is 0.391 e. The van der Waals surface area contributed by atoms with Crippen LogP contribution in [0.5, 0.6) is 0 Å². The summed E-state index contributed by atoms with van der Waals surface area (Å²) in [6.07, 6.45) is -1.02. The number of anilines is 1. The fraction of sp³-hybridized carbons (Fsp3) is 0.250. The van der Waals surface area contributed by atoms with Crippen LogP contribution in [0, 0.1) is 18.3 Å². The molecule has 1 unspecified atom stereocenters. The Morgan fingerprint density at radius 3 is 2.48 bits per heavy atom. The van der Waals surface area contributed by atoms with Crippen molar-refractivity contribution in [3.63, 3.8) is 0 Å². The number of rotatable bonds is 7. The topological polar surface area (TPSA) is 102 Å². The van der Waals surface area contributed by atoms with E-state index in [1.165, 1.54) is 13.0 Å². The Balaban J connectivity index is 2.09. The molecule has 0 aliphatic rings. The number of hydrogen-bond donors (Lipinski definition) is 3. The molecule has 0 aromatic heterocycles. The van der Waals surface area contributed by atoms with Gasteiger partial charge in [-0.15, -0.1) is 0 Å². The maximum Gasteiger partial charge on any atom is 0.245 e. The highest BCUT2D eigenvalue weighted by atomic mass is 35.5. The van der Waals surface area contributed by atoms with Crippen molar-refractivity contribution in [2.24, 2.45) is 0 Å². The fourth-order valence-corrected chi connectivity index (χ4v) is 2.71. The van der Waals surface area contributed by atoms with Crippen LogP contribution in [0.1, 0.15) is 28.4 Å². The van der Waals surface area contributed by atoms with Gasteiger partial charge in [0.15, 0.2) is 5.78 Å². The summed E-state index contributed by atoms with van der Waals surface area (Å²) in [7, 11) is 0. The number of benzene rings is 2. The molecule has 0 saturated carbocycles. The molecule has 2 aromatic rings. The highest BCUT2D eigenvalue weighted by Gasteiger charge is 2.25. The number of nitrogens with one attached hydrogen (secondary N) is 2. The van der Waals surface area contributed by atoms with E-state index in [4.69, 9.17) is 16.9 Å². The Labute approximate surface area is 162 Å². The number of aliphatic hydroxyl groups is 1. The van der Waals surface area contributed by atoms with Crippen LogP contribution in [0.15, 0.2) is 42.5 Å².